The SMILES string of the molecule is CCC(=O)c1ccc(CC(C)(C)C)cc1. The van der Waals surface area contributed by atoms with Gasteiger partial charge in [-0.3, -0.25) is 4.79 Å². The Bertz CT molecular complexity index is 327. The van der Waals surface area contributed by atoms with Gasteiger partial charge in [-0.15, -0.1) is 0 Å². The van der Waals surface area contributed by atoms with Crippen molar-refractivity contribution in [3.8, 4) is 0 Å². The normalized spacial score (nSPS) is 11.5. The second-order valence-electron chi connectivity index (χ2n) is 5.21. The third-order valence-electron chi connectivity index (χ3n) is 2.33. The topological polar surface area (TPSA) is 17.1 Å². The molecule has 0 amide bonds. The van der Waals surface area contributed by atoms with Crippen molar-refractivity contribution in [3.05, 3.63) is 35.4 Å². The van der Waals surface area contributed by atoms with Gasteiger partial charge >= 0.3 is 0 Å². The molecule has 0 aliphatic rings. The van der Waals surface area contributed by atoms with Crippen LogP contribution in [0.3, 0.4) is 0 Å². The third-order valence-corrected chi connectivity index (χ3v) is 2.33. The van der Waals surface area contributed by atoms with E-state index in [2.05, 4.69) is 32.9 Å². The van der Waals surface area contributed by atoms with Crippen LogP contribution in [0.15, 0.2) is 24.3 Å². The molecule has 0 spiro atoms. The lowest BCUT2D eigenvalue weighted by Gasteiger charge is -2.18. The van der Waals surface area contributed by atoms with Gasteiger partial charge in [0.1, 0.15) is 0 Å². The predicted octanol–water partition coefficient (Wildman–Crippen LogP) is 3.87. The van der Waals surface area contributed by atoms with E-state index in [4.69, 9.17) is 0 Å². The maximum Gasteiger partial charge on any atom is 0.162 e. The molecule has 0 N–H and O–H groups in total. The molecule has 0 atom stereocenters. The van der Waals surface area contributed by atoms with Gasteiger partial charge < -0.3 is 0 Å². The summed E-state index contributed by atoms with van der Waals surface area (Å²) < 4.78 is 0. The zero-order valence-electron chi connectivity index (χ0n) is 10.1. The fourth-order valence-electron chi connectivity index (χ4n) is 1.62. The Balaban J connectivity index is 2.77. The minimum atomic E-state index is 0.220. The van der Waals surface area contributed by atoms with E-state index in [9.17, 15) is 4.79 Å². The fraction of sp³-hybridized carbons (Fsp3) is 0.500. The minimum absolute atomic E-state index is 0.220. The number of carbonyl (C=O) groups is 1. The van der Waals surface area contributed by atoms with E-state index in [0.29, 0.717) is 11.8 Å². The highest BCUT2D eigenvalue weighted by Gasteiger charge is 2.11. The van der Waals surface area contributed by atoms with Gasteiger partial charge in [0.25, 0.3) is 0 Å². The number of benzene rings is 1. The number of carbonyl (C=O) groups excluding carboxylic acids is 1. The lowest BCUT2D eigenvalue weighted by molar-refractivity contribution is 0.0988. The molecule has 0 radical (unpaired) electrons. The van der Waals surface area contributed by atoms with Gasteiger partial charge in [0.2, 0.25) is 0 Å². The molecular weight excluding hydrogens is 184 g/mol. The van der Waals surface area contributed by atoms with Crippen LogP contribution in [0, 0.1) is 5.41 Å². The minimum Gasteiger partial charge on any atom is -0.294 e. The smallest absolute Gasteiger partial charge is 0.162 e. The van der Waals surface area contributed by atoms with Crippen LogP contribution in [-0.4, -0.2) is 5.78 Å². The molecule has 15 heavy (non-hydrogen) atoms. The lowest BCUT2D eigenvalue weighted by atomic mass is 9.88. The van der Waals surface area contributed by atoms with E-state index in [1.165, 1.54) is 5.56 Å². The molecule has 0 fully saturated rings. The Morgan fingerprint density at radius 3 is 2.07 bits per heavy atom. The van der Waals surface area contributed by atoms with Gasteiger partial charge in [-0.05, 0) is 17.4 Å². The first-order valence-electron chi connectivity index (χ1n) is 5.54. The highest BCUT2D eigenvalue weighted by Crippen LogP contribution is 2.20. The molecule has 0 unspecified atom stereocenters. The summed E-state index contributed by atoms with van der Waals surface area (Å²) in [5.41, 5.74) is 2.43. The number of hydrogen-bond acceptors (Lipinski definition) is 1. The lowest BCUT2D eigenvalue weighted by Crippen LogP contribution is -2.09. The summed E-state index contributed by atoms with van der Waals surface area (Å²) in [6.07, 6.45) is 1.63. The zero-order valence-corrected chi connectivity index (χ0v) is 10.1. The molecule has 0 saturated heterocycles. The number of ketones is 1. The first-order valence-corrected chi connectivity index (χ1v) is 5.54. The Labute approximate surface area is 92.5 Å². The first-order chi connectivity index (χ1) is 6.92. The average Bonchev–Trinajstić information content (AvgIpc) is 2.15. The van der Waals surface area contributed by atoms with Crippen LogP contribution in [-0.2, 0) is 6.42 Å². The van der Waals surface area contributed by atoms with E-state index in [-0.39, 0.29) is 5.78 Å². The van der Waals surface area contributed by atoms with Gasteiger partial charge in [0.15, 0.2) is 5.78 Å². The Morgan fingerprint density at radius 2 is 1.67 bits per heavy atom. The van der Waals surface area contributed by atoms with Crippen molar-refractivity contribution in [2.24, 2.45) is 5.41 Å². The molecule has 0 bridgehead atoms. The number of hydrogen-bond donors (Lipinski definition) is 0. The van der Waals surface area contributed by atoms with E-state index >= 15 is 0 Å². The molecule has 0 heterocycles. The predicted molar refractivity (Wildman–Crippen MR) is 64.2 cm³/mol. The molecule has 1 aromatic carbocycles. The zero-order chi connectivity index (χ0) is 11.5. The van der Waals surface area contributed by atoms with E-state index in [1.807, 2.05) is 19.1 Å². The summed E-state index contributed by atoms with van der Waals surface area (Å²) in [6, 6.07) is 8.00. The van der Waals surface area contributed by atoms with E-state index in [0.717, 1.165) is 12.0 Å². The number of Topliss-reactive ketones (excluding diaryl/α,β-unsaturated/α-hetero) is 1. The van der Waals surface area contributed by atoms with Gasteiger partial charge in [0, 0.05) is 12.0 Å². The summed E-state index contributed by atoms with van der Waals surface area (Å²) in [4.78, 5) is 11.4. The summed E-state index contributed by atoms with van der Waals surface area (Å²) in [6.45, 7) is 8.56. The highest BCUT2D eigenvalue weighted by atomic mass is 16.1. The quantitative estimate of drug-likeness (QED) is 0.683. The summed E-state index contributed by atoms with van der Waals surface area (Å²) in [5.74, 6) is 0.220. The van der Waals surface area contributed by atoms with Crippen molar-refractivity contribution >= 4 is 5.78 Å². The maximum absolute atomic E-state index is 11.4. The number of rotatable bonds is 3. The first kappa shape index (κ1) is 12.0. The van der Waals surface area contributed by atoms with Crippen LogP contribution >= 0.6 is 0 Å². The largest absolute Gasteiger partial charge is 0.294 e. The van der Waals surface area contributed by atoms with Gasteiger partial charge in [-0.2, -0.15) is 0 Å². The van der Waals surface area contributed by atoms with Crippen LogP contribution in [0.2, 0.25) is 0 Å². The second kappa shape index (κ2) is 4.61. The van der Waals surface area contributed by atoms with Crippen LogP contribution in [0.25, 0.3) is 0 Å². The molecule has 1 heteroatoms. The third kappa shape index (κ3) is 3.86. The second-order valence-corrected chi connectivity index (χ2v) is 5.21. The summed E-state index contributed by atoms with van der Waals surface area (Å²) in [5, 5.41) is 0. The molecule has 1 nitrogen and oxygen atoms in total. The molecule has 82 valence electrons. The van der Waals surface area contributed by atoms with Crippen molar-refractivity contribution in [2.45, 2.75) is 40.5 Å². The van der Waals surface area contributed by atoms with Crippen LogP contribution < -0.4 is 0 Å². The van der Waals surface area contributed by atoms with Crippen molar-refractivity contribution in [1.82, 2.24) is 0 Å². The molecule has 0 aliphatic heterocycles. The molecule has 1 rings (SSSR count). The van der Waals surface area contributed by atoms with Crippen molar-refractivity contribution < 1.29 is 4.79 Å². The van der Waals surface area contributed by atoms with Crippen molar-refractivity contribution in [2.75, 3.05) is 0 Å². The summed E-state index contributed by atoms with van der Waals surface area (Å²) >= 11 is 0. The Hall–Kier alpha value is -1.11. The molecular formula is C14H20O. The van der Waals surface area contributed by atoms with Crippen molar-refractivity contribution in [1.29, 1.82) is 0 Å². The maximum atomic E-state index is 11.4. The molecule has 0 saturated carbocycles. The van der Waals surface area contributed by atoms with Crippen molar-refractivity contribution in [3.63, 3.8) is 0 Å². The molecule has 0 aliphatic carbocycles. The van der Waals surface area contributed by atoms with Gasteiger partial charge in [-0.25, -0.2) is 0 Å². The van der Waals surface area contributed by atoms with Gasteiger partial charge in [0.05, 0.1) is 0 Å². The van der Waals surface area contributed by atoms with E-state index in [1.54, 1.807) is 0 Å². The monoisotopic (exact) mass is 204 g/mol. The van der Waals surface area contributed by atoms with E-state index < -0.39 is 0 Å². The Morgan fingerprint density at radius 1 is 1.13 bits per heavy atom. The summed E-state index contributed by atoms with van der Waals surface area (Å²) in [7, 11) is 0. The highest BCUT2D eigenvalue weighted by molar-refractivity contribution is 5.95. The standard InChI is InChI=1S/C14H20O/c1-5-13(15)12-8-6-11(7-9-12)10-14(2,3)4/h6-9H,5,10H2,1-4H3. The van der Waals surface area contributed by atoms with Crippen LogP contribution in [0.1, 0.15) is 50.0 Å². The fourth-order valence-corrected chi connectivity index (χ4v) is 1.62. The average molecular weight is 204 g/mol. The molecule has 0 aromatic heterocycles. The molecule has 1 aromatic rings. The Kier molecular flexibility index (Phi) is 3.67. The van der Waals surface area contributed by atoms with Crippen LogP contribution in [0.5, 0.6) is 0 Å². The van der Waals surface area contributed by atoms with Crippen LogP contribution in [0.4, 0.5) is 0 Å². The van der Waals surface area contributed by atoms with Gasteiger partial charge in [-0.1, -0.05) is 52.0 Å².